The third-order valence-corrected chi connectivity index (χ3v) is 6.04. The minimum atomic E-state index is -3.57. The molecule has 0 saturated heterocycles. The van der Waals surface area contributed by atoms with Gasteiger partial charge in [-0.3, -0.25) is 0 Å². The summed E-state index contributed by atoms with van der Waals surface area (Å²) >= 11 is 0. The Morgan fingerprint density at radius 2 is 1.70 bits per heavy atom. The summed E-state index contributed by atoms with van der Waals surface area (Å²) in [6, 6.07) is 16.0. The van der Waals surface area contributed by atoms with Gasteiger partial charge in [0.25, 0.3) is 0 Å². The fourth-order valence-electron chi connectivity index (χ4n) is 2.47. The van der Waals surface area contributed by atoms with Crippen molar-refractivity contribution in [2.45, 2.75) is 24.8 Å². The molecule has 0 fully saturated rings. The quantitative estimate of drug-likeness (QED) is 0.723. The normalized spacial score (nSPS) is 13.6. The first-order valence-electron chi connectivity index (χ1n) is 7.43. The van der Waals surface area contributed by atoms with Crippen molar-refractivity contribution < 1.29 is 12.8 Å². The third kappa shape index (κ3) is 2.90. The number of para-hydroxylation sites is 1. The number of benzene rings is 2. The molecule has 0 spiro atoms. The Bertz CT molecular complexity index is 893. The zero-order chi connectivity index (χ0) is 16.6. The number of hydrogen-bond acceptors (Lipinski definition) is 3. The SMILES string of the molecule is Cc1ccc(S(=O)(=O)N(C)C(C)c2cc3ccccc3o2)cc1. The molecule has 1 heterocycles. The van der Waals surface area contributed by atoms with Crippen molar-refractivity contribution in [3.8, 4) is 0 Å². The molecule has 0 aliphatic heterocycles. The molecule has 1 aromatic heterocycles. The Kier molecular flexibility index (Phi) is 4.00. The second-order valence-electron chi connectivity index (χ2n) is 5.70. The number of rotatable bonds is 4. The number of fused-ring (bicyclic) bond motifs is 1. The summed E-state index contributed by atoms with van der Waals surface area (Å²) in [5.74, 6) is 0.629. The maximum Gasteiger partial charge on any atom is 0.243 e. The van der Waals surface area contributed by atoms with E-state index in [1.807, 2.05) is 44.2 Å². The number of hydrogen-bond donors (Lipinski definition) is 0. The number of nitrogens with zero attached hydrogens (tertiary/aromatic N) is 1. The van der Waals surface area contributed by atoms with Crippen LogP contribution in [0.25, 0.3) is 11.0 Å². The molecule has 3 aromatic rings. The van der Waals surface area contributed by atoms with Crippen LogP contribution in [0.5, 0.6) is 0 Å². The van der Waals surface area contributed by atoms with Gasteiger partial charge in [0.15, 0.2) is 0 Å². The van der Waals surface area contributed by atoms with Crippen LogP contribution < -0.4 is 0 Å². The van der Waals surface area contributed by atoms with Crippen LogP contribution in [-0.2, 0) is 10.0 Å². The fourth-order valence-corrected chi connectivity index (χ4v) is 3.80. The third-order valence-electron chi connectivity index (χ3n) is 4.10. The van der Waals surface area contributed by atoms with Gasteiger partial charge < -0.3 is 4.42 Å². The van der Waals surface area contributed by atoms with Crippen LogP contribution in [0.3, 0.4) is 0 Å². The smallest absolute Gasteiger partial charge is 0.243 e. The van der Waals surface area contributed by atoms with Crippen LogP contribution in [0.15, 0.2) is 63.9 Å². The maximum atomic E-state index is 12.8. The Labute approximate surface area is 136 Å². The van der Waals surface area contributed by atoms with Crippen molar-refractivity contribution >= 4 is 21.0 Å². The van der Waals surface area contributed by atoms with Crippen molar-refractivity contribution in [2.75, 3.05) is 7.05 Å². The van der Waals surface area contributed by atoms with E-state index in [-0.39, 0.29) is 4.90 Å². The molecule has 120 valence electrons. The van der Waals surface area contributed by atoms with E-state index in [0.717, 1.165) is 16.5 Å². The summed E-state index contributed by atoms with van der Waals surface area (Å²) in [6.07, 6.45) is 0. The first kappa shape index (κ1) is 15.8. The van der Waals surface area contributed by atoms with Crippen molar-refractivity contribution in [1.82, 2.24) is 4.31 Å². The number of furan rings is 1. The van der Waals surface area contributed by atoms with E-state index in [1.165, 1.54) is 4.31 Å². The topological polar surface area (TPSA) is 50.5 Å². The molecule has 1 atom stereocenters. The zero-order valence-corrected chi connectivity index (χ0v) is 14.2. The molecule has 0 aliphatic carbocycles. The van der Waals surface area contributed by atoms with E-state index in [2.05, 4.69) is 0 Å². The molecule has 0 bridgehead atoms. The summed E-state index contributed by atoms with van der Waals surface area (Å²) in [7, 11) is -1.99. The Morgan fingerprint density at radius 1 is 1.04 bits per heavy atom. The van der Waals surface area contributed by atoms with Crippen LogP contribution in [0.2, 0.25) is 0 Å². The van der Waals surface area contributed by atoms with Crippen molar-refractivity contribution in [1.29, 1.82) is 0 Å². The lowest BCUT2D eigenvalue weighted by molar-refractivity contribution is 0.348. The summed E-state index contributed by atoms with van der Waals surface area (Å²) in [5, 5.41) is 0.968. The molecule has 0 amide bonds. The summed E-state index contributed by atoms with van der Waals surface area (Å²) in [4.78, 5) is 0.286. The lowest BCUT2D eigenvalue weighted by Crippen LogP contribution is -2.29. The van der Waals surface area contributed by atoms with Crippen molar-refractivity contribution in [2.24, 2.45) is 0 Å². The Morgan fingerprint density at radius 3 is 2.35 bits per heavy atom. The average molecular weight is 329 g/mol. The van der Waals surface area contributed by atoms with Gasteiger partial charge in [-0.05, 0) is 38.1 Å². The molecule has 2 aromatic carbocycles. The summed E-state index contributed by atoms with van der Waals surface area (Å²) < 4.78 is 32.7. The highest BCUT2D eigenvalue weighted by Crippen LogP contribution is 2.30. The monoisotopic (exact) mass is 329 g/mol. The molecular formula is C18H19NO3S. The fraction of sp³-hybridized carbons (Fsp3) is 0.222. The molecule has 5 heteroatoms. The molecule has 4 nitrogen and oxygen atoms in total. The molecule has 3 rings (SSSR count). The number of aryl methyl sites for hydroxylation is 1. The second kappa shape index (κ2) is 5.83. The molecule has 0 aliphatic rings. The summed E-state index contributed by atoms with van der Waals surface area (Å²) in [5.41, 5.74) is 1.78. The highest BCUT2D eigenvalue weighted by molar-refractivity contribution is 7.89. The largest absolute Gasteiger partial charge is 0.459 e. The Balaban J connectivity index is 1.94. The van der Waals surface area contributed by atoms with Gasteiger partial charge in [0.1, 0.15) is 11.3 Å². The van der Waals surface area contributed by atoms with Crippen LogP contribution in [0.4, 0.5) is 0 Å². The molecule has 0 radical (unpaired) electrons. The first-order valence-corrected chi connectivity index (χ1v) is 8.87. The van der Waals surface area contributed by atoms with E-state index >= 15 is 0 Å². The maximum absolute atomic E-state index is 12.8. The van der Waals surface area contributed by atoms with E-state index < -0.39 is 16.1 Å². The van der Waals surface area contributed by atoms with Crippen LogP contribution >= 0.6 is 0 Å². The first-order chi connectivity index (χ1) is 10.9. The van der Waals surface area contributed by atoms with E-state index in [1.54, 1.807) is 31.3 Å². The van der Waals surface area contributed by atoms with Crippen LogP contribution in [-0.4, -0.2) is 19.8 Å². The van der Waals surface area contributed by atoms with Crippen molar-refractivity contribution in [3.63, 3.8) is 0 Å². The predicted molar refractivity (Wildman–Crippen MR) is 90.8 cm³/mol. The van der Waals surface area contributed by atoms with Crippen LogP contribution in [0.1, 0.15) is 24.3 Å². The highest BCUT2D eigenvalue weighted by atomic mass is 32.2. The molecule has 0 saturated carbocycles. The standard InChI is InChI=1S/C18H19NO3S/c1-13-8-10-16(11-9-13)23(20,21)19(3)14(2)18-12-15-6-4-5-7-17(15)22-18/h4-12,14H,1-3H3. The van der Waals surface area contributed by atoms with Gasteiger partial charge in [-0.15, -0.1) is 0 Å². The predicted octanol–water partition coefficient (Wildman–Crippen LogP) is 4.12. The van der Waals surface area contributed by atoms with E-state index in [0.29, 0.717) is 5.76 Å². The van der Waals surface area contributed by atoms with Gasteiger partial charge in [0.05, 0.1) is 10.9 Å². The molecular weight excluding hydrogens is 310 g/mol. The van der Waals surface area contributed by atoms with Gasteiger partial charge in [-0.1, -0.05) is 35.9 Å². The van der Waals surface area contributed by atoms with Gasteiger partial charge >= 0.3 is 0 Å². The van der Waals surface area contributed by atoms with Gasteiger partial charge in [0.2, 0.25) is 10.0 Å². The molecule has 23 heavy (non-hydrogen) atoms. The summed E-state index contributed by atoms with van der Waals surface area (Å²) in [6.45, 7) is 3.75. The van der Waals surface area contributed by atoms with Gasteiger partial charge in [-0.25, -0.2) is 8.42 Å². The second-order valence-corrected chi connectivity index (χ2v) is 7.69. The zero-order valence-electron chi connectivity index (χ0n) is 13.4. The van der Waals surface area contributed by atoms with E-state index in [9.17, 15) is 8.42 Å². The number of sulfonamides is 1. The molecule has 0 N–H and O–H groups in total. The highest BCUT2D eigenvalue weighted by Gasteiger charge is 2.28. The minimum Gasteiger partial charge on any atom is -0.459 e. The van der Waals surface area contributed by atoms with Gasteiger partial charge in [-0.2, -0.15) is 4.31 Å². The lowest BCUT2D eigenvalue weighted by Gasteiger charge is -2.22. The lowest BCUT2D eigenvalue weighted by atomic mass is 10.2. The van der Waals surface area contributed by atoms with Gasteiger partial charge in [0, 0.05) is 12.4 Å². The Hall–Kier alpha value is -2.11. The average Bonchev–Trinajstić information content (AvgIpc) is 2.98. The van der Waals surface area contributed by atoms with E-state index in [4.69, 9.17) is 4.42 Å². The molecule has 1 unspecified atom stereocenters. The minimum absolute atomic E-state index is 0.286. The van der Waals surface area contributed by atoms with Crippen LogP contribution in [0, 0.1) is 6.92 Å². The van der Waals surface area contributed by atoms with Crippen molar-refractivity contribution in [3.05, 3.63) is 65.9 Å².